The van der Waals surface area contributed by atoms with Gasteiger partial charge in [-0.2, -0.15) is 0 Å². The Hall–Kier alpha value is -1.30. The molecule has 0 saturated carbocycles. The topological polar surface area (TPSA) is 81.1 Å². The van der Waals surface area contributed by atoms with Gasteiger partial charge in [-0.3, -0.25) is 0 Å². The monoisotopic (exact) mass is 242 g/mol. The molecule has 2 saturated heterocycles. The number of aliphatic hydroxyl groups is 1. The quantitative estimate of drug-likeness (QED) is 0.676. The summed E-state index contributed by atoms with van der Waals surface area (Å²) in [5.74, 6) is -0.572. The molecule has 2 aliphatic rings. The number of carboxylic acids is 1. The molecule has 0 aliphatic carbocycles. The third-order valence-electron chi connectivity index (χ3n) is 3.50. The number of hydrogen-bond donors (Lipinski definition) is 2. The van der Waals surface area contributed by atoms with E-state index in [0.29, 0.717) is 19.0 Å². The van der Waals surface area contributed by atoms with Gasteiger partial charge in [0.25, 0.3) is 0 Å². The van der Waals surface area contributed by atoms with Crippen molar-refractivity contribution in [3.63, 3.8) is 0 Å². The fourth-order valence-corrected chi connectivity index (χ4v) is 2.55. The zero-order valence-electron chi connectivity index (χ0n) is 9.87. The van der Waals surface area contributed by atoms with E-state index in [4.69, 9.17) is 5.11 Å². The molecule has 0 spiro atoms. The first kappa shape index (κ1) is 12.2. The number of hydrogen-bond acceptors (Lipinski definition) is 3. The molecule has 0 aromatic carbocycles. The highest BCUT2D eigenvalue weighted by molar-refractivity contribution is 5.83. The zero-order valence-corrected chi connectivity index (χ0v) is 9.87. The van der Waals surface area contributed by atoms with Crippen LogP contribution in [0.1, 0.15) is 19.8 Å². The molecule has 0 aromatic heterocycles. The van der Waals surface area contributed by atoms with Gasteiger partial charge in [-0.1, -0.05) is 6.92 Å². The number of carbonyl (C=O) groups is 2. The van der Waals surface area contributed by atoms with E-state index in [0.717, 1.165) is 6.42 Å². The summed E-state index contributed by atoms with van der Waals surface area (Å²) in [7, 11) is 0. The van der Waals surface area contributed by atoms with Crippen molar-refractivity contribution in [2.24, 2.45) is 5.92 Å². The van der Waals surface area contributed by atoms with E-state index < -0.39 is 18.1 Å². The number of amides is 2. The smallest absolute Gasteiger partial charge is 0.326 e. The van der Waals surface area contributed by atoms with Gasteiger partial charge in [-0.15, -0.1) is 0 Å². The predicted octanol–water partition coefficient (Wildman–Crippen LogP) is -0.0320. The van der Waals surface area contributed by atoms with Crippen molar-refractivity contribution >= 4 is 12.0 Å². The second kappa shape index (κ2) is 4.52. The van der Waals surface area contributed by atoms with Crippen LogP contribution in [0.25, 0.3) is 0 Å². The molecule has 1 unspecified atom stereocenters. The van der Waals surface area contributed by atoms with Crippen LogP contribution in [-0.4, -0.2) is 63.8 Å². The molecular formula is C11H18N2O4. The Morgan fingerprint density at radius 3 is 2.53 bits per heavy atom. The molecule has 0 bridgehead atoms. The Labute approximate surface area is 99.8 Å². The van der Waals surface area contributed by atoms with Crippen LogP contribution in [0.4, 0.5) is 4.79 Å². The predicted molar refractivity (Wildman–Crippen MR) is 59.5 cm³/mol. The number of aliphatic hydroxyl groups excluding tert-OH is 1. The van der Waals surface area contributed by atoms with Gasteiger partial charge in [-0.05, 0) is 12.3 Å². The van der Waals surface area contributed by atoms with E-state index >= 15 is 0 Å². The van der Waals surface area contributed by atoms with Crippen LogP contribution in [0.15, 0.2) is 0 Å². The normalized spacial score (nSPS) is 33.2. The lowest BCUT2D eigenvalue weighted by molar-refractivity contribution is -0.141. The lowest BCUT2D eigenvalue weighted by atomic mass is 10.2. The maximum absolute atomic E-state index is 12.1. The minimum atomic E-state index is -1.04. The van der Waals surface area contributed by atoms with Crippen molar-refractivity contribution in [3.05, 3.63) is 0 Å². The zero-order chi connectivity index (χ0) is 12.6. The second-order valence-electron chi connectivity index (χ2n) is 5.02. The van der Waals surface area contributed by atoms with E-state index in [-0.39, 0.29) is 19.0 Å². The molecule has 2 amide bonds. The van der Waals surface area contributed by atoms with Gasteiger partial charge in [-0.25, -0.2) is 9.59 Å². The van der Waals surface area contributed by atoms with Gasteiger partial charge in [0.1, 0.15) is 6.04 Å². The number of β-amino-alcohol motifs (C(OH)–C–C–N with tert-alkyl or cyclic N) is 1. The van der Waals surface area contributed by atoms with Crippen molar-refractivity contribution in [3.8, 4) is 0 Å². The average molecular weight is 242 g/mol. The highest BCUT2D eigenvalue weighted by Crippen LogP contribution is 2.23. The van der Waals surface area contributed by atoms with Crippen LogP contribution in [-0.2, 0) is 4.79 Å². The van der Waals surface area contributed by atoms with E-state index in [2.05, 4.69) is 6.92 Å². The van der Waals surface area contributed by atoms with Crippen LogP contribution in [0.2, 0.25) is 0 Å². The van der Waals surface area contributed by atoms with Gasteiger partial charge in [0.2, 0.25) is 0 Å². The first-order chi connectivity index (χ1) is 7.99. The third kappa shape index (κ3) is 2.36. The summed E-state index contributed by atoms with van der Waals surface area (Å²) in [6, 6.07) is -1.13. The molecule has 6 heteroatoms. The Balaban J connectivity index is 2.05. The highest BCUT2D eigenvalue weighted by atomic mass is 16.4. The number of urea groups is 1. The fourth-order valence-electron chi connectivity index (χ4n) is 2.55. The molecule has 0 radical (unpaired) electrons. The molecular weight excluding hydrogens is 224 g/mol. The standard InChI is InChI=1S/C11H18N2O4/c1-7-2-3-12(5-7)11(17)13-6-8(14)4-9(13)10(15)16/h7-9,14H,2-6H2,1H3,(H,15,16)/t7?,8-,9+/m1/s1. The van der Waals surface area contributed by atoms with Gasteiger partial charge in [0.05, 0.1) is 6.10 Å². The average Bonchev–Trinajstić information content (AvgIpc) is 2.83. The summed E-state index contributed by atoms with van der Waals surface area (Å²) in [4.78, 5) is 26.1. The third-order valence-corrected chi connectivity index (χ3v) is 3.50. The summed E-state index contributed by atoms with van der Waals surface area (Å²) >= 11 is 0. The summed E-state index contributed by atoms with van der Waals surface area (Å²) in [6.45, 7) is 3.55. The van der Waals surface area contributed by atoms with Crippen LogP contribution < -0.4 is 0 Å². The number of likely N-dealkylation sites (tertiary alicyclic amines) is 2. The minimum Gasteiger partial charge on any atom is -0.480 e. The minimum absolute atomic E-state index is 0.126. The van der Waals surface area contributed by atoms with Gasteiger partial charge in [0.15, 0.2) is 0 Å². The molecule has 2 N–H and O–H groups in total. The van der Waals surface area contributed by atoms with Crippen molar-refractivity contribution < 1.29 is 19.8 Å². The van der Waals surface area contributed by atoms with Crippen molar-refractivity contribution in [1.82, 2.24) is 9.80 Å². The van der Waals surface area contributed by atoms with E-state index in [1.807, 2.05) is 0 Å². The number of rotatable bonds is 1. The van der Waals surface area contributed by atoms with Crippen molar-refractivity contribution in [1.29, 1.82) is 0 Å². The van der Waals surface area contributed by atoms with Crippen LogP contribution in [0.5, 0.6) is 0 Å². The molecule has 0 aromatic rings. The van der Waals surface area contributed by atoms with Crippen molar-refractivity contribution in [2.45, 2.75) is 31.9 Å². The Morgan fingerprint density at radius 2 is 2.00 bits per heavy atom. The Kier molecular flexibility index (Phi) is 3.24. The highest BCUT2D eigenvalue weighted by Gasteiger charge is 2.41. The molecule has 6 nitrogen and oxygen atoms in total. The molecule has 3 atom stereocenters. The summed E-state index contributed by atoms with van der Waals surface area (Å²) in [6.07, 6.45) is 0.365. The lowest BCUT2D eigenvalue weighted by Gasteiger charge is -2.27. The maximum Gasteiger partial charge on any atom is 0.326 e. The molecule has 2 aliphatic heterocycles. The fraction of sp³-hybridized carbons (Fsp3) is 0.818. The first-order valence-corrected chi connectivity index (χ1v) is 5.95. The number of nitrogens with zero attached hydrogens (tertiary/aromatic N) is 2. The van der Waals surface area contributed by atoms with Crippen LogP contribution in [0, 0.1) is 5.92 Å². The molecule has 96 valence electrons. The second-order valence-corrected chi connectivity index (χ2v) is 5.02. The first-order valence-electron chi connectivity index (χ1n) is 5.95. The van der Waals surface area contributed by atoms with E-state index in [1.165, 1.54) is 4.90 Å². The molecule has 17 heavy (non-hydrogen) atoms. The van der Waals surface area contributed by atoms with Crippen LogP contribution >= 0.6 is 0 Å². The van der Waals surface area contributed by atoms with Gasteiger partial charge in [0, 0.05) is 26.1 Å². The molecule has 2 heterocycles. The molecule has 2 fully saturated rings. The van der Waals surface area contributed by atoms with Gasteiger partial charge >= 0.3 is 12.0 Å². The summed E-state index contributed by atoms with van der Waals surface area (Å²) < 4.78 is 0. The lowest BCUT2D eigenvalue weighted by Crippen LogP contribution is -2.47. The maximum atomic E-state index is 12.1. The summed E-state index contributed by atoms with van der Waals surface area (Å²) in [5.41, 5.74) is 0. The molecule has 2 rings (SSSR count). The van der Waals surface area contributed by atoms with E-state index in [1.54, 1.807) is 4.90 Å². The van der Waals surface area contributed by atoms with Gasteiger partial charge < -0.3 is 20.0 Å². The number of carbonyl (C=O) groups excluding carboxylic acids is 1. The van der Waals surface area contributed by atoms with Crippen LogP contribution in [0.3, 0.4) is 0 Å². The SMILES string of the molecule is CC1CCN(C(=O)N2C[C@H](O)C[C@H]2C(=O)O)C1. The largest absolute Gasteiger partial charge is 0.480 e. The number of aliphatic carboxylic acids is 1. The summed E-state index contributed by atoms with van der Waals surface area (Å²) in [5, 5.41) is 18.5. The number of carboxylic acid groups (broad SMARTS) is 1. The Morgan fingerprint density at radius 1 is 1.29 bits per heavy atom. The Bertz CT molecular complexity index is 333. The van der Waals surface area contributed by atoms with E-state index in [9.17, 15) is 14.7 Å². The van der Waals surface area contributed by atoms with Crippen molar-refractivity contribution in [2.75, 3.05) is 19.6 Å².